The zero-order valence-corrected chi connectivity index (χ0v) is 14.7. The van der Waals surface area contributed by atoms with Crippen molar-refractivity contribution >= 4 is 11.9 Å². The molecule has 1 aliphatic heterocycles. The summed E-state index contributed by atoms with van der Waals surface area (Å²) in [6.07, 6.45) is 3.97. The number of likely N-dealkylation sites (tertiary alicyclic amines) is 1. The number of nitrogens with zero attached hydrogens (tertiary/aromatic N) is 2. The summed E-state index contributed by atoms with van der Waals surface area (Å²) in [7, 11) is 3.42. The number of amides is 1. The van der Waals surface area contributed by atoms with Crippen LogP contribution in [0.5, 0.6) is 0 Å². The van der Waals surface area contributed by atoms with Crippen LogP contribution in [0.2, 0.25) is 0 Å². The van der Waals surface area contributed by atoms with Gasteiger partial charge in [-0.1, -0.05) is 0 Å². The molecule has 128 valence electrons. The lowest BCUT2D eigenvalue weighted by Gasteiger charge is -2.33. The van der Waals surface area contributed by atoms with Crippen molar-refractivity contribution in [2.75, 3.05) is 33.8 Å². The number of aliphatic imine (C=N–C) groups is 1. The van der Waals surface area contributed by atoms with E-state index in [0.717, 1.165) is 19.4 Å². The third kappa shape index (κ3) is 6.22. The van der Waals surface area contributed by atoms with Crippen LogP contribution in [0.25, 0.3) is 0 Å². The van der Waals surface area contributed by atoms with E-state index in [-0.39, 0.29) is 11.5 Å². The molecule has 0 saturated carbocycles. The van der Waals surface area contributed by atoms with E-state index in [2.05, 4.69) is 22.5 Å². The highest BCUT2D eigenvalue weighted by molar-refractivity contribution is 5.81. The summed E-state index contributed by atoms with van der Waals surface area (Å²) < 4.78 is 5.36. The summed E-state index contributed by atoms with van der Waals surface area (Å²) in [5.74, 6) is 0.928. The zero-order chi connectivity index (χ0) is 16.6. The Bertz CT molecular complexity index is 382. The summed E-state index contributed by atoms with van der Waals surface area (Å²) in [4.78, 5) is 18.4. The highest BCUT2D eigenvalue weighted by Crippen LogP contribution is 2.16. The first kappa shape index (κ1) is 18.7. The Morgan fingerprint density at radius 2 is 2.09 bits per heavy atom. The molecule has 1 unspecified atom stereocenters. The molecule has 1 atom stereocenters. The van der Waals surface area contributed by atoms with Crippen molar-refractivity contribution in [3.8, 4) is 0 Å². The van der Waals surface area contributed by atoms with Gasteiger partial charge in [0.25, 0.3) is 0 Å². The predicted octanol–water partition coefficient (Wildman–Crippen LogP) is 1.37. The van der Waals surface area contributed by atoms with Crippen molar-refractivity contribution in [2.24, 2.45) is 4.99 Å². The highest BCUT2D eigenvalue weighted by Gasteiger charge is 2.22. The molecular weight excluding hydrogens is 280 g/mol. The van der Waals surface area contributed by atoms with Crippen LogP contribution in [0.15, 0.2) is 4.99 Å². The molecule has 1 heterocycles. The van der Waals surface area contributed by atoms with Gasteiger partial charge < -0.3 is 20.3 Å². The Labute approximate surface area is 134 Å². The minimum atomic E-state index is -0.253. The summed E-state index contributed by atoms with van der Waals surface area (Å²) in [5, 5.41) is 6.40. The highest BCUT2D eigenvalue weighted by atomic mass is 16.5. The van der Waals surface area contributed by atoms with Gasteiger partial charge in [0.2, 0.25) is 5.91 Å². The molecule has 2 N–H and O–H groups in total. The number of ether oxygens (including phenoxy) is 1. The molecule has 0 radical (unpaired) electrons. The van der Waals surface area contributed by atoms with E-state index >= 15 is 0 Å². The minimum absolute atomic E-state index is 0.229. The van der Waals surface area contributed by atoms with Crippen LogP contribution in [0, 0.1) is 0 Å². The number of hydrogen-bond donors (Lipinski definition) is 2. The zero-order valence-electron chi connectivity index (χ0n) is 14.7. The van der Waals surface area contributed by atoms with Gasteiger partial charge in [0.05, 0.1) is 5.60 Å². The van der Waals surface area contributed by atoms with E-state index in [1.165, 1.54) is 6.42 Å². The van der Waals surface area contributed by atoms with Gasteiger partial charge in [0.1, 0.15) is 0 Å². The number of piperidine rings is 1. The summed E-state index contributed by atoms with van der Waals surface area (Å²) >= 11 is 0. The lowest BCUT2D eigenvalue weighted by atomic mass is 10.0. The van der Waals surface area contributed by atoms with Crippen molar-refractivity contribution in [3.63, 3.8) is 0 Å². The lowest BCUT2D eigenvalue weighted by Crippen LogP contribution is -2.47. The van der Waals surface area contributed by atoms with Gasteiger partial charge in [-0.25, -0.2) is 0 Å². The topological polar surface area (TPSA) is 66.0 Å². The molecule has 1 saturated heterocycles. The van der Waals surface area contributed by atoms with Crippen LogP contribution in [-0.2, 0) is 9.53 Å². The normalized spacial score (nSPS) is 20.0. The molecule has 6 heteroatoms. The number of guanidine groups is 1. The second-order valence-electron chi connectivity index (χ2n) is 6.50. The second kappa shape index (κ2) is 8.98. The molecule has 1 aliphatic rings. The number of carbonyl (C=O) groups is 1. The fraction of sp³-hybridized carbons (Fsp3) is 0.875. The van der Waals surface area contributed by atoms with Crippen LogP contribution in [0.1, 0.15) is 46.5 Å². The van der Waals surface area contributed by atoms with Gasteiger partial charge in [0.15, 0.2) is 5.96 Å². The van der Waals surface area contributed by atoms with Crippen molar-refractivity contribution in [1.82, 2.24) is 15.5 Å². The Kier molecular flexibility index (Phi) is 7.65. The molecule has 0 aromatic carbocycles. The molecule has 0 aliphatic carbocycles. The second-order valence-corrected chi connectivity index (χ2v) is 6.50. The van der Waals surface area contributed by atoms with Crippen LogP contribution >= 0.6 is 0 Å². The number of nitrogens with one attached hydrogen (secondary N) is 2. The average Bonchev–Trinajstić information content (AvgIpc) is 2.51. The number of carbonyl (C=O) groups excluding carboxylic acids is 1. The third-order valence-corrected chi connectivity index (χ3v) is 4.21. The first-order valence-corrected chi connectivity index (χ1v) is 8.19. The molecular formula is C16H32N4O2. The third-order valence-electron chi connectivity index (χ3n) is 4.21. The molecule has 1 rings (SSSR count). The molecule has 6 nitrogen and oxygen atoms in total. The minimum Gasteiger partial charge on any atom is -0.377 e. The van der Waals surface area contributed by atoms with Gasteiger partial charge in [0, 0.05) is 46.3 Å². The first-order chi connectivity index (χ1) is 10.4. The van der Waals surface area contributed by atoms with Crippen LogP contribution < -0.4 is 10.6 Å². The summed E-state index contributed by atoms with van der Waals surface area (Å²) in [6, 6.07) is 0.376. The molecule has 0 aromatic heterocycles. The number of rotatable bonds is 6. The van der Waals surface area contributed by atoms with Gasteiger partial charge in [-0.2, -0.15) is 0 Å². The summed E-state index contributed by atoms with van der Waals surface area (Å²) in [6.45, 7) is 8.30. The maximum Gasteiger partial charge on any atom is 0.224 e. The maximum atomic E-state index is 12.2. The standard InChI is InChI=1S/C16H32N4O2/c1-13-8-6-7-11-20(13)14(21)9-10-18-15(17-4)19-12-16(2,3)22-5/h13H,6-12H2,1-5H3,(H2,17,18,19). The average molecular weight is 312 g/mol. The Hall–Kier alpha value is -1.30. The molecule has 0 bridgehead atoms. The van der Waals surface area contributed by atoms with E-state index in [4.69, 9.17) is 4.74 Å². The monoisotopic (exact) mass is 312 g/mol. The largest absolute Gasteiger partial charge is 0.377 e. The quantitative estimate of drug-likeness (QED) is 0.574. The molecule has 22 heavy (non-hydrogen) atoms. The van der Waals surface area contributed by atoms with Gasteiger partial charge in [-0.05, 0) is 40.0 Å². The number of methoxy groups -OCH3 is 1. The van der Waals surface area contributed by atoms with Crippen molar-refractivity contribution in [3.05, 3.63) is 0 Å². The molecule has 1 amide bonds. The van der Waals surface area contributed by atoms with E-state index < -0.39 is 0 Å². The smallest absolute Gasteiger partial charge is 0.224 e. The van der Waals surface area contributed by atoms with Gasteiger partial charge in [-0.15, -0.1) is 0 Å². The Morgan fingerprint density at radius 3 is 2.68 bits per heavy atom. The first-order valence-electron chi connectivity index (χ1n) is 8.19. The van der Waals surface area contributed by atoms with E-state index in [1.807, 2.05) is 18.7 Å². The number of hydrogen-bond acceptors (Lipinski definition) is 3. The maximum absolute atomic E-state index is 12.2. The van der Waals surface area contributed by atoms with Crippen LogP contribution in [0.4, 0.5) is 0 Å². The fourth-order valence-electron chi connectivity index (χ4n) is 2.49. The Morgan fingerprint density at radius 1 is 1.36 bits per heavy atom. The van der Waals surface area contributed by atoms with E-state index in [1.54, 1.807) is 14.2 Å². The van der Waals surface area contributed by atoms with E-state index in [9.17, 15) is 4.79 Å². The SMILES string of the molecule is CN=C(NCCC(=O)N1CCCCC1C)NCC(C)(C)OC. The van der Waals surface area contributed by atoms with Crippen molar-refractivity contribution < 1.29 is 9.53 Å². The van der Waals surface area contributed by atoms with Crippen molar-refractivity contribution in [1.29, 1.82) is 0 Å². The predicted molar refractivity (Wildman–Crippen MR) is 90.1 cm³/mol. The molecule has 0 spiro atoms. The van der Waals surface area contributed by atoms with E-state index in [0.29, 0.717) is 31.5 Å². The van der Waals surface area contributed by atoms with Crippen LogP contribution in [0.3, 0.4) is 0 Å². The Balaban J connectivity index is 2.30. The summed E-state index contributed by atoms with van der Waals surface area (Å²) in [5.41, 5.74) is -0.253. The van der Waals surface area contributed by atoms with Gasteiger partial charge >= 0.3 is 0 Å². The van der Waals surface area contributed by atoms with Crippen molar-refractivity contribution in [2.45, 2.75) is 58.1 Å². The lowest BCUT2D eigenvalue weighted by molar-refractivity contribution is -0.134. The van der Waals surface area contributed by atoms with Crippen LogP contribution in [-0.4, -0.2) is 62.2 Å². The molecule has 0 aromatic rings. The molecule has 1 fully saturated rings. The van der Waals surface area contributed by atoms with Gasteiger partial charge in [-0.3, -0.25) is 9.79 Å². The fourth-order valence-corrected chi connectivity index (χ4v) is 2.49.